The molecule has 152 valence electrons. The van der Waals surface area contributed by atoms with Crippen molar-refractivity contribution in [3.05, 3.63) is 87.8 Å². The number of aryl methyl sites for hydroxylation is 2. The Hall–Kier alpha value is -3.11. The molecular formula is C26H24O3S. The van der Waals surface area contributed by atoms with Gasteiger partial charge in [0, 0.05) is 15.6 Å². The predicted molar refractivity (Wildman–Crippen MR) is 123 cm³/mol. The number of hydrogen-bond donors (Lipinski definition) is 1. The number of ketones is 1. The molecule has 0 amide bonds. The molecule has 0 aliphatic rings. The monoisotopic (exact) mass is 416 g/mol. The molecule has 0 bridgehead atoms. The highest BCUT2D eigenvalue weighted by Crippen LogP contribution is 2.43. The largest absolute Gasteiger partial charge is 0.508 e. The third-order valence-electron chi connectivity index (χ3n) is 5.23. The van der Waals surface area contributed by atoms with Crippen LogP contribution < -0.4 is 4.74 Å². The summed E-state index contributed by atoms with van der Waals surface area (Å²) < 4.78 is 7.07. The molecule has 1 heterocycles. The second-order valence-electron chi connectivity index (χ2n) is 7.91. The smallest absolute Gasteiger partial charge is 0.207 e. The van der Waals surface area contributed by atoms with E-state index in [2.05, 4.69) is 13.8 Å². The minimum absolute atomic E-state index is 0.0676. The van der Waals surface area contributed by atoms with Gasteiger partial charge >= 0.3 is 0 Å². The van der Waals surface area contributed by atoms with Crippen LogP contribution in [0.2, 0.25) is 0 Å². The summed E-state index contributed by atoms with van der Waals surface area (Å²) in [5.74, 6) is 1.76. The molecule has 4 aromatic rings. The molecule has 0 fully saturated rings. The van der Waals surface area contributed by atoms with Crippen LogP contribution in [0, 0.1) is 13.8 Å². The fraction of sp³-hybridized carbons (Fsp3) is 0.192. The zero-order valence-electron chi connectivity index (χ0n) is 17.5. The number of phenols is 1. The minimum Gasteiger partial charge on any atom is -0.508 e. The van der Waals surface area contributed by atoms with Gasteiger partial charge in [0.2, 0.25) is 5.78 Å². The number of phenolic OH excluding ortho intramolecular Hbond substituents is 1. The van der Waals surface area contributed by atoms with Crippen molar-refractivity contribution in [1.29, 1.82) is 0 Å². The number of thiophene rings is 1. The molecule has 0 aliphatic heterocycles. The Labute approximate surface area is 180 Å². The quantitative estimate of drug-likeness (QED) is 0.345. The number of carbonyl (C=O) groups is 1. The molecule has 3 nitrogen and oxygen atoms in total. The molecule has 4 heteroatoms. The van der Waals surface area contributed by atoms with E-state index in [0.29, 0.717) is 27.9 Å². The summed E-state index contributed by atoms with van der Waals surface area (Å²) in [6, 6.07) is 18.9. The van der Waals surface area contributed by atoms with Gasteiger partial charge in [0.15, 0.2) is 5.75 Å². The topological polar surface area (TPSA) is 46.5 Å². The van der Waals surface area contributed by atoms with E-state index in [4.69, 9.17) is 4.74 Å². The molecule has 3 aromatic carbocycles. The van der Waals surface area contributed by atoms with E-state index in [9.17, 15) is 9.90 Å². The molecule has 1 aromatic heterocycles. The maximum atomic E-state index is 13.5. The Kier molecular flexibility index (Phi) is 5.35. The van der Waals surface area contributed by atoms with Gasteiger partial charge in [-0.2, -0.15) is 0 Å². The molecule has 0 unspecified atom stereocenters. The minimum atomic E-state index is -0.0676. The molecule has 1 N–H and O–H groups in total. The van der Waals surface area contributed by atoms with Gasteiger partial charge in [-0.15, -0.1) is 11.3 Å². The SMILES string of the molecule is Cc1ccc(C(=O)c2sc3cc(O)ccc3c2Oc2ccc(C(C)C)cc2)c(C)c1. The molecule has 0 saturated heterocycles. The Bertz CT molecular complexity index is 1230. The van der Waals surface area contributed by atoms with Crippen LogP contribution in [0.3, 0.4) is 0 Å². The fourth-order valence-electron chi connectivity index (χ4n) is 3.54. The lowest BCUT2D eigenvalue weighted by Crippen LogP contribution is -2.03. The molecule has 0 radical (unpaired) electrons. The summed E-state index contributed by atoms with van der Waals surface area (Å²) in [4.78, 5) is 14.0. The lowest BCUT2D eigenvalue weighted by atomic mass is 10.0. The van der Waals surface area contributed by atoms with Crippen molar-refractivity contribution >= 4 is 27.2 Å². The average Bonchev–Trinajstić information content (AvgIpc) is 3.05. The van der Waals surface area contributed by atoms with E-state index in [0.717, 1.165) is 21.2 Å². The lowest BCUT2D eigenvalue weighted by Gasteiger charge is -2.11. The summed E-state index contributed by atoms with van der Waals surface area (Å²) in [7, 11) is 0. The van der Waals surface area contributed by atoms with Gasteiger partial charge in [0.1, 0.15) is 16.4 Å². The molecular weight excluding hydrogens is 392 g/mol. The van der Waals surface area contributed by atoms with Crippen LogP contribution in [0.5, 0.6) is 17.2 Å². The number of hydrogen-bond acceptors (Lipinski definition) is 4. The Morgan fingerprint density at radius 2 is 1.70 bits per heavy atom. The first kappa shape index (κ1) is 20.2. The van der Waals surface area contributed by atoms with Gasteiger partial charge < -0.3 is 9.84 Å². The summed E-state index contributed by atoms with van der Waals surface area (Å²) in [6.45, 7) is 8.26. The highest BCUT2D eigenvalue weighted by Gasteiger charge is 2.23. The van der Waals surface area contributed by atoms with Gasteiger partial charge in [-0.3, -0.25) is 4.79 Å². The van der Waals surface area contributed by atoms with Gasteiger partial charge in [-0.1, -0.05) is 49.7 Å². The van der Waals surface area contributed by atoms with Crippen LogP contribution in [-0.4, -0.2) is 10.9 Å². The molecule has 30 heavy (non-hydrogen) atoms. The van der Waals surface area contributed by atoms with Crippen molar-refractivity contribution in [2.45, 2.75) is 33.6 Å². The first-order valence-electron chi connectivity index (χ1n) is 9.99. The zero-order valence-corrected chi connectivity index (χ0v) is 18.3. The number of carbonyl (C=O) groups excluding carboxylic acids is 1. The zero-order chi connectivity index (χ0) is 21.4. The standard InChI is InChI=1S/C26H24O3S/c1-15(2)18-6-9-20(10-7-18)29-25-22-12-8-19(27)14-23(22)30-26(25)24(28)21-11-5-16(3)13-17(21)4/h5-15,27H,1-4H3. The Balaban J connectivity index is 1.82. The molecule has 0 spiro atoms. The van der Waals surface area contributed by atoms with Crippen LogP contribution in [0.1, 0.15) is 51.7 Å². The summed E-state index contributed by atoms with van der Waals surface area (Å²) in [5.41, 5.74) is 3.95. The molecule has 0 saturated carbocycles. The van der Waals surface area contributed by atoms with Crippen molar-refractivity contribution in [3.8, 4) is 17.2 Å². The summed E-state index contributed by atoms with van der Waals surface area (Å²) in [6.07, 6.45) is 0. The molecule has 0 aliphatic carbocycles. The fourth-order valence-corrected chi connectivity index (χ4v) is 4.66. The van der Waals surface area contributed by atoms with Gasteiger partial charge in [0.05, 0.1) is 0 Å². The van der Waals surface area contributed by atoms with E-state index >= 15 is 0 Å². The van der Waals surface area contributed by atoms with Crippen molar-refractivity contribution in [1.82, 2.24) is 0 Å². The van der Waals surface area contributed by atoms with E-state index in [-0.39, 0.29) is 11.5 Å². The van der Waals surface area contributed by atoms with Crippen molar-refractivity contribution < 1.29 is 14.6 Å². The maximum absolute atomic E-state index is 13.5. The van der Waals surface area contributed by atoms with Crippen molar-refractivity contribution in [2.24, 2.45) is 0 Å². The van der Waals surface area contributed by atoms with E-state index in [1.54, 1.807) is 18.2 Å². The van der Waals surface area contributed by atoms with E-state index in [1.807, 2.05) is 56.3 Å². The van der Waals surface area contributed by atoms with Crippen molar-refractivity contribution in [2.75, 3.05) is 0 Å². The van der Waals surface area contributed by atoms with Gasteiger partial charge in [-0.05, 0) is 61.2 Å². The van der Waals surface area contributed by atoms with Crippen LogP contribution >= 0.6 is 11.3 Å². The average molecular weight is 417 g/mol. The predicted octanol–water partition coefficient (Wildman–Crippen LogP) is 7.37. The lowest BCUT2D eigenvalue weighted by molar-refractivity contribution is 0.104. The summed E-state index contributed by atoms with van der Waals surface area (Å²) in [5, 5.41) is 10.7. The third kappa shape index (κ3) is 3.83. The van der Waals surface area contributed by atoms with Crippen LogP contribution in [0.15, 0.2) is 60.7 Å². The second kappa shape index (κ2) is 7.96. The van der Waals surface area contributed by atoms with E-state index < -0.39 is 0 Å². The Morgan fingerprint density at radius 3 is 2.37 bits per heavy atom. The second-order valence-corrected chi connectivity index (χ2v) is 8.97. The number of rotatable bonds is 5. The number of fused-ring (bicyclic) bond motifs is 1. The van der Waals surface area contributed by atoms with Gasteiger partial charge in [0.25, 0.3) is 0 Å². The Morgan fingerprint density at radius 1 is 0.967 bits per heavy atom. The van der Waals surface area contributed by atoms with E-state index in [1.165, 1.54) is 16.9 Å². The van der Waals surface area contributed by atoms with Gasteiger partial charge in [-0.25, -0.2) is 0 Å². The third-order valence-corrected chi connectivity index (χ3v) is 6.36. The first-order valence-corrected chi connectivity index (χ1v) is 10.8. The molecule has 0 atom stereocenters. The normalized spacial score (nSPS) is 11.2. The highest BCUT2D eigenvalue weighted by atomic mass is 32.1. The van der Waals surface area contributed by atoms with Crippen LogP contribution in [0.25, 0.3) is 10.1 Å². The number of ether oxygens (including phenoxy) is 1. The van der Waals surface area contributed by atoms with Crippen molar-refractivity contribution in [3.63, 3.8) is 0 Å². The van der Waals surface area contributed by atoms with Crippen LogP contribution in [0.4, 0.5) is 0 Å². The number of benzene rings is 3. The number of aromatic hydroxyl groups is 1. The molecule has 4 rings (SSSR count). The first-order chi connectivity index (χ1) is 14.3. The summed E-state index contributed by atoms with van der Waals surface area (Å²) >= 11 is 1.35. The highest BCUT2D eigenvalue weighted by molar-refractivity contribution is 7.21. The van der Waals surface area contributed by atoms with Crippen LogP contribution in [-0.2, 0) is 0 Å². The maximum Gasteiger partial charge on any atom is 0.207 e.